The molecule has 0 radical (unpaired) electrons. The van der Waals surface area contributed by atoms with Gasteiger partial charge in [0.2, 0.25) is 6.23 Å². The van der Waals surface area contributed by atoms with Crippen molar-refractivity contribution in [1.29, 1.82) is 0 Å². The number of hydrogen-bond acceptors (Lipinski definition) is 9. The van der Waals surface area contributed by atoms with Gasteiger partial charge >= 0.3 is 19.3 Å². The van der Waals surface area contributed by atoms with Crippen molar-refractivity contribution in [1.82, 2.24) is 9.55 Å². The van der Waals surface area contributed by atoms with Crippen LogP contribution in [0.5, 0.6) is 5.75 Å². The van der Waals surface area contributed by atoms with Gasteiger partial charge in [-0.3, -0.25) is 18.9 Å². The number of H-pyrrole nitrogens is 1. The molecular formula is C24H30N3O8PS. The molecule has 13 heteroatoms. The van der Waals surface area contributed by atoms with E-state index in [2.05, 4.69) is 9.83 Å². The Hall–Kier alpha value is -2.81. The SMILES string of the molecule is [2H]C([2H])(O[P@@](=O)(C[C@@H](C)C(=O)OC(C)C)Oc1ccccc1)[C@@H]1O[C@H](n2cc(C)c(=S)[nH]c2=O)[C@H]([N+]#[C-])C1O. The summed E-state index contributed by atoms with van der Waals surface area (Å²) in [5.74, 6) is -1.61. The van der Waals surface area contributed by atoms with Crippen molar-refractivity contribution < 1.29 is 35.7 Å². The number of aliphatic hydroxyl groups excluding tert-OH is 1. The molecule has 37 heavy (non-hydrogen) atoms. The lowest BCUT2D eigenvalue weighted by atomic mass is 10.1. The van der Waals surface area contributed by atoms with Gasteiger partial charge in [0, 0.05) is 11.8 Å². The summed E-state index contributed by atoms with van der Waals surface area (Å²) < 4.78 is 54.1. The molecule has 2 aromatic rings. The first-order chi connectivity index (χ1) is 18.2. The van der Waals surface area contributed by atoms with E-state index in [-0.39, 0.29) is 10.4 Å². The van der Waals surface area contributed by atoms with E-state index in [1.807, 2.05) is 0 Å². The zero-order valence-corrected chi connectivity index (χ0v) is 22.4. The number of ether oxygens (including phenoxy) is 2. The summed E-state index contributed by atoms with van der Waals surface area (Å²) in [5, 5.41) is 10.9. The molecule has 3 rings (SSSR count). The fourth-order valence-electron chi connectivity index (χ4n) is 3.53. The zero-order chi connectivity index (χ0) is 29.1. The molecule has 0 bridgehead atoms. The second-order valence-electron chi connectivity index (χ2n) is 8.83. The van der Waals surface area contributed by atoms with Crippen LogP contribution >= 0.6 is 19.8 Å². The summed E-state index contributed by atoms with van der Waals surface area (Å²) >= 11 is 5.05. The maximum absolute atomic E-state index is 13.9. The van der Waals surface area contributed by atoms with E-state index in [1.54, 1.807) is 39.0 Å². The van der Waals surface area contributed by atoms with Crippen LogP contribution in [0.3, 0.4) is 0 Å². The minimum Gasteiger partial charge on any atom is -0.463 e. The first kappa shape index (κ1) is 25.8. The molecule has 200 valence electrons. The maximum Gasteiger partial charge on any atom is 0.380 e. The van der Waals surface area contributed by atoms with Crippen LogP contribution in [0.25, 0.3) is 4.85 Å². The lowest BCUT2D eigenvalue weighted by Crippen LogP contribution is -2.34. The number of rotatable bonds is 10. The van der Waals surface area contributed by atoms with Crippen molar-refractivity contribution in [2.45, 2.75) is 58.3 Å². The third kappa shape index (κ3) is 7.15. The van der Waals surface area contributed by atoms with Crippen LogP contribution in [-0.2, 0) is 23.4 Å². The van der Waals surface area contributed by atoms with Crippen LogP contribution in [0.4, 0.5) is 0 Å². The Morgan fingerprint density at radius 2 is 2.05 bits per heavy atom. The third-order valence-electron chi connectivity index (χ3n) is 5.35. The molecule has 0 spiro atoms. The summed E-state index contributed by atoms with van der Waals surface area (Å²) in [6, 6.07) is 6.43. The summed E-state index contributed by atoms with van der Waals surface area (Å²) in [5.41, 5.74) is -0.244. The van der Waals surface area contributed by atoms with E-state index in [4.69, 9.17) is 40.1 Å². The highest BCUT2D eigenvalue weighted by atomic mass is 32.1. The number of nitrogens with zero attached hydrogens (tertiary/aromatic N) is 2. The number of para-hydroxylation sites is 1. The van der Waals surface area contributed by atoms with Gasteiger partial charge in [-0.25, -0.2) is 15.9 Å². The van der Waals surface area contributed by atoms with Crippen molar-refractivity contribution in [3.63, 3.8) is 0 Å². The van der Waals surface area contributed by atoms with Gasteiger partial charge in [0.15, 0.2) is 6.10 Å². The fourth-order valence-corrected chi connectivity index (χ4v) is 5.38. The maximum atomic E-state index is 13.9. The van der Waals surface area contributed by atoms with Gasteiger partial charge in [-0.15, -0.1) is 0 Å². The quantitative estimate of drug-likeness (QED) is 0.196. The average Bonchev–Trinajstić information content (AvgIpc) is 3.17. The zero-order valence-electron chi connectivity index (χ0n) is 22.7. The van der Waals surface area contributed by atoms with E-state index in [0.29, 0.717) is 5.56 Å². The summed E-state index contributed by atoms with van der Waals surface area (Å²) in [4.78, 5) is 30.7. The summed E-state index contributed by atoms with van der Waals surface area (Å²) in [6.07, 6.45) is -4.71. The average molecular weight is 554 g/mol. The van der Waals surface area contributed by atoms with E-state index < -0.39 is 68.5 Å². The van der Waals surface area contributed by atoms with Crippen LogP contribution in [0.1, 0.15) is 35.3 Å². The van der Waals surface area contributed by atoms with Crippen molar-refractivity contribution in [3.8, 4) is 5.75 Å². The van der Waals surface area contributed by atoms with Crippen LogP contribution < -0.4 is 10.2 Å². The second-order valence-corrected chi connectivity index (χ2v) is 11.2. The van der Waals surface area contributed by atoms with Crippen molar-refractivity contribution in [2.75, 3.05) is 12.7 Å². The Labute approximate surface area is 222 Å². The number of carbonyl (C=O) groups excluding carboxylic acids is 1. The van der Waals surface area contributed by atoms with Gasteiger partial charge in [-0.05, 0) is 32.9 Å². The summed E-state index contributed by atoms with van der Waals surface area (Å²) in [6.45, 7) is 10.9. The number of nitrogens with one attached hydrogen (secondary N) is 1. The molecular weight excluding hydrogens is 521 g/mol. The monoisotopic (exact) mass is 553 g/mol. The molecule has 1 fully saturated rings. The third-order valence-corrected chi connectivity index (χ3v) is 7.65. The Morgan fingerprint density at radius 3 is 2.68 bits per heavy atom. The number of aromatic amines is 1. The minimum absolute atomic E-state index is 0.0902. The van der Waals surface area contributed by atoms with Gasteiger partial charge in [0.05, 0.1) is 27.5 Å². The van der Waals surface area contributed by atoms with Gasteiger partial charge < -0.3 is 23.9 Å². The molecule has 0 saturated carbocycles. The number of benzene rings is 1. The number of carbonyl (C=O) groups is 1. The Bertz CT molecular complexity index is 1390. The molecule has 1 aromatic heterocycles. The predicted molar refractivity (Wildman–Crippen MR) is 137 cm³/mol. The first-order valence-electron chi connectivity index (χ1n) is 12.4. The fraction of sp³-hybridized carbons (Fsp3) is 0.500. The number of aryl methyl sites for hydroxylation is 1. The smallest absolute Gasteiger partial charge is 0.380 e. The molecule has 1 saturated heterocycles. The molecule has 1 unspecified atom stereocenters. The van der Waals surface area contributed by atoms with E-state index in [0.717, 1.165) is 4.57 Å². The van der Waals surface area contributed by atoms with Crippen LogP contribution in [0.15, 0.2) is 41.3 Å². The molecule has 0 aliphatic carbocycles. The predicted octanol–water partition coefficient (Wildman–Crippen LogP) is 3.64. The Morgan fingerprint density at radius 1 is 1.38 bits per heavy atom. The van der Waals surface area contributed by atoms with Crippen molar-refractivity contribution in [3.05, 3.63) is 68.6 Å². The van der Waals surface area contributed by atoms with Gasteiger partial charge in [0.1, 0.15) is 16.5 Å². The highest BCUT2D eigenvalue weighted by Crippen LogP contribution is 2.50. The van der Waals surface area contributed by atoms with Crippen LogP contribution in [-0.4, -0.2) is 57.7 Å². The largest absolute Gasteiger partial charge is 0.463 e. The highest BCUT2D eigenvalue weighted by molar-refractivity contribution is 7.71. The topological polar surface area (TPSA) is 133 Å². The lowest BCUT2D eigenvalue weighted by molar-refractivity contribution is -0.151. The van der Waals surface area contributed by atoms with Crippen LogP contribution in [0.2, 0.25) is 0 Å². The van der Waals surface area contributed by atoms with E-state index in [9.17, 15) is 19.3 Å². The Kier molecular flexibility index (Phi) is 8.48. The van der Waals surface area contributed by atoms with Crippen LogP contribution in [0, 0.1) is 24.1 Å². The second kappa shape index (κ2) is 12.2. The standard InChI is InChI=1S/C24H30N3O8PS/c1-14(2)33-23(29)16(4)13-36(31,35-17-9-7-6-8-10-17)32-12-18-20(28)19(25-5)22(34-18)27-11-15(3)21(37)26-24(27)30/h6-11,14,16,18-20,22,28H,12-13H2,1-4H3,(H,26,30,37)/t16-,18+,19-,20?,22+,36+/m1/s1/i12D2. The highest BCUT2D eigenvalue weighted by Gasteiger charge is 2.51. The number of aliphatic hydroxyl groups is 1. The van der Waals surface area contributed by atoms with Gasteiger partial charge in [0.25, 0.3) is 6.04 Å². The minimum atomic E-state index is -4.47. The van der Waals surface area contributed by atoms with Gasteiger partial charge in [-0.2, -0.15) is 0 Å². The molecule has 6 atom stereocenters. The van der Waals surface area contributed by atoms with Crippen molar-refractivity contribution in [2.24, 2.45) is 5.92 Å². The normalized spacial score (nSPS) is 24.9. The first-order valence-corrected chi connectivity index (χ1v) is 13.6. The molecule has 1 aliphatic heterocycles. The Balaban J connectivity index is 1.94. The molecule has 11 nitrogen and oxygen atoms in total. The van der Waals surface area contributed by atoms with Gasteiger partial charge in [-0.1, -0.05) is 37.3 Å². The molecule has 0 amide bonds. The molecule has 1 aliphatic rings. The number of aromatic nitrogens is 2. The summed E-state index contributed by atoms with van der Waals surface area (Å²) in [7, 11) is -4.47. The molecule has 2 N–H and O–H groups in total. The number of esters is 1. The van der Waals surface area contributed by atoms with E-state index in [1.165, 1.54) is 25.3 Å². The lowest BCUT2D eigenvalue weighted by Gasteiger charge is -2.24. The molecule has 1 aromatic carbocycles. The van der Waals surface area contributed by atoms with E-state index >= 15 is 0 Å². The number of hydrogen-bond donors (Lipinski definition) is 2. The molecule has 2 heterocycles. The van der Waals surface area contributed by atoms with Crippen molar-refractivity contribution >= 4 is 25.8 Å².